The molecular weight excluding hydrogens is 202 g/mol. The Morgan fingerprint density at radius 3 is 2.73 bits per heavy atom. The first-order valence-corrected chi connectivity index (χ1v) is 6.73. The molecule has 0 amide bonds. The molecule has 1 saturated carbocycles. The highest BCUT2D eigenvalue weighted by Gasteiger charge is 2.19. The Morgan fingerprint density at radius 2 is 2.07 bits per heavy atom. The van der Waals surface area contributed by atoms with Crippen molar-refractivity contribution in [3.63, 3.8) is 0 Å². The van der Waals surface area contributed by atoms with Crippen LogP contribution in [0.3, 0.4) is 0 Å². The largest absolute Gasteiger partial charge is 0.330 e. The third-order valence-electron chi connectivity index (χ3n) is 2.97. The first-order chi connectivity index (χ1) is 7.40. The van der Waals surface area contributed by atoms with Gasteiger partial charge in [-0.1, -0.05) is 24.6 Å². The van der Waals surface area contributed by atoms with Crippen LogP contribution in [-0.2, 0) is 6.42 Å². The monoisotopic (exact) mass is 221 g/mol. The molecule has 1 aliphatic carbocycles. The number of thioether (sulfide) groups is 1. The quantitative estimate of drug-likeness (QED) is 0.826. The van der Waals surface area contributed by atoms with E-state index in [1.807, 2.05) is 0 Å². The van der Waals surface area contributed by atoms with Crippen LogP contribution < -0.4 is 5.73 Å². The molecule has 1 aliphatic rings. The second-order valence-corrected chi connectivity index (χ2v) is 5.51. The van der Waals surface area contributed by atoms with Crippen molar-refractivity contribution in [2.45, 2.75) is 42.2 Å². The standard InChI is InChI=1S/C13H19NS/c14-10-4-6-11-5-1-2-9-13(11)15-12-7-3-8-12/h1-2,5,9,12H,3-4,6-8,10,14H2. The zero-order valence-electron chi connectivity index (χ0n) is 9.11. The van der Waals surface area contributed by atoms with Crippen molar-refractivity contribution >= 4 is 11.8 Å². The summed E-state index contributed by atoms with van der Waals surface area (Å²) in [5, 5.41) is 0.879. The van der Waals surface area contributed by atoms with Gasteiger partial charge in [0.15, 0.2) is 0 Å². The molecule has 1 aromatic rings. The molecule has 0 aliphatic heterocycles. The van der Waals surface area contributed by atoms with Gasteiger partial charge in [-0.15, -0.1) is 11.8 Å². The molecule has 15 heavy (non-hydrogen) atoms. The van der Waals surface area contributed by atoms with E-state index >= 15 is 0 Å². The highest BCUT2D eigenvalue weighted by Crippen LogP contribution is 2.37. The van der Waals surface area contributed by atoms with Gasteiger partial charge in [0.2, 0.25) is 0 Å². The lowest BCUT2D eigenvalue weighted by atomic mass is 10.00. The van der Waals surface area contributed by atoms with E-state index in [0.717, 1.165) is 24.6 Å². The lowest BCUT2D eigenvalue weighted by Gasteiger charge is -2.25. The van der Waals surface area contributed by atoms with Gasteiger partial charge in [-0.3, -0.25) is 0 Å². The Kier molecular flexibility index (Phi) is 4.09. The van der Waals surface area contributed by atoms with E-state index in [9.17, 15) is 0 Å². The van der Waals surface area contributed by atoms with Crippen molar-refractivity contribution in [3.05, 3.63) is 29.8 Å². The van der Waals surface area contributed by atoms with Crippen LogP contribution in [0.2, 0.25) is 0 Å². The van der Waals surface area contributed by atoms with E-state index < -0.39 is 0 Å². The van der Waals surface area contributed by atoms with Gasteiger partial charge >= 0.3 is 0 Å². The molecule has 2 rings (SSSR count). The lowest BCUT2D eigenvalue weighted by molar-refractivity contribution is 0.522. The molecule has 2 N–H and O–H groups in total. The molecule has 1 fully saturated rings. The Labute approximate surface area is 96.4 Å². The van der Waals surface area contributed by atoms with E-state index in [1.165, 1.54) is 29.7 Å². The third-order valence-corrected chi connectivity index (χ3v) is 4.43. The summed E-state index contributed by atoms with van der Waals surface area (Å²) in [6, 6.07) is 8.79. The van der Waals surface area contributed by atoms with Crippen LogP contribution in [-0.4, -0.2) is 11.8 Å². The fourth-order valence-electron chi connectivity index (χ4n) is 1.79. The van der Waals surface area contributed by atoms with Gasteiger partial charge < -0.3 is 5.73 Å². The van der Waals surface area contributed by atoms with Crippen molar-refractivity contribution in [3.8, 4) is 0 Å². The molecule has 0 bridgehead atoms. The molecule has 0 saturated heterocycles. The Morgan fingerprint density at radius 1 is 1.27 bits per heavy atom. The van der Waals surface area contributed by atoms with Crippen LogP contribution in [0.5, 0.6) is 0 Å². The third kappa shape index (κ3) is 2.99. The molecule has 82 valence electrons. The Balaban J connectivity index is 1.99. The van der Waals surface area contributed by atoms with Crippen molar-refractivity contribution < 1.29 is 0 Å². The summed E-state index contributed by atoms with van der Waals surface area (Å²) < 4.78 is 0. The smallest absolute Gasteiger partial charge is 0.0107 e. The number of rotatable bonds is 5. The highest BCUT2D eigenvalue weighted by atomic mass is 32.2. The van der Waals surface area contributed by atoms with Crippen LogP contribution in [0.4, 0.5) is 0 Å². The normalized spacial score (nSPS) is 16.3. The van der Waals surface area contributed by atoms with Crippen LogP contribution in [0, 0.1) is 0 Å². The maximum absolute atomic E-state index is 5.56. The van der Waals surface area contributed by atoms with Gasteiger partial charge in [0.25, 0.3) is 0 Å². The van der Waals surface area contributed by atoms with Crippen molar-refractivity contribution in [2.75, 3.05) is 6.54 Å². The van der Waals surface area contributed by atoms with E-state index in [1.54, 1.807) is 0 Å². The molecule has 0 spiro atoms. The number of hydrogen-bond acceptors (Lipinski definition) is 2. The molecule has 0 heterocycles. The number of aryl methyl sites for hydroxylation is 1. The predicted molar refractivity (Wildman–Crippen MR) is 67.3 cm³/mol. The fraction of sp³-hybridized carbons (Fsp3) is 0.538. The molecular formula is C13H19NS. The van der Waals surface area contributed by atoms with Crippen LogP contribution in [0.15, 0.2) is 29.2 Å². The highest BCUT2D eigenvalue weighted by molar-refractivity contribution is 8.00. The summed E-state index contributed by atoms with van der Waals surface area (Å²) >= 11 is 2.07. The second kappa shape index (κ2) is 5.57. The minimum absolute atomic E-state index is 0.794. The number of benzene rings is 1. The zero-order chi connectivity index (χ0) is 10.5. The van der Waals surface area contributed by atoms with Crippen molar-refractivity contribution in [2.24, 2.45) is 5.73 Å². The van der Waals surface area contributed by atoms with Gasteiger partial charge in [0.1, 0.15) is 0 Å². The predicted octanol–water partition coefficient (Wildman–Crippen LogP) is 3.22. The van der Waals surface area contributed by atoms with Gasteiger partial charge in [-0.05, 0) is 43.9 Å². The molecule has 2 heteroatoms. The lowest BCUT2D eigenvalue weighted by Crippen LogP contribution is -2.13. The fourth-order valence-corrected chi connectivity index (χ4v) is 3.19. The molecule has 0 aromatic heterocycles. The maximum atomic E-state index is 5.56. The number of nitrogens with two attached hydrogens (primary N) is 1. The van der Waals surface area contributed by atoms with Gasteiger partial charge in [0, 0.05) is 10.1 Å². The summed E-state index contributed by atoms with van der Waals surface area (Å²) in [4.78, 5) is 1.48. The van der Waals surface area contributed by atoms with E-state index in [2.05, 4.69) is 36.0 Å². The molecule has 1 nitrogen and oxygen atoms in total. The molecule has 0 atom stereocenters. The minimum Gasteiger partial charge on any atom is -0.330 e. The summed E-state index contributed by atoms with van der Waals surface area (Å²) in [5.41, 5.74) is 7.04. The zero-order valence-corrected chi connectivity index (χ0v) is 9.93. The topological polar surface area (TPSA) is 26.0 Å². The summed E-state index contributed by atoms with van der Waals surface area (Å²) in [6.07, 6.45) is 6.45. The average Bonchev–Trinajstić information content (AvgIpc) is 2.22. The van der Waals surface area contributed by atoms with E-state index in [4.69, 9.17) is 5.73 Å². The van der Waals surface area contributed by atoms with Crippen LogP contribution in [0.25, 0.3) is 0 Å². The molecule has 0 unspecified atom stereocenters. The van der Waals surface area contributed by atoms with E-state index in [0.29, 0.717) is 0 Å². The number of hydrogen-bond donors (Lipinski definition) is 1. The van der Waals surface area contributed by atoms with Crippen LogP contribution in [0.1, 0.15) is 31.2 Å². The second-order valence-electron chi connectivity index (χ2n) is 4.17. The Bertz CT molecular complexity index is 307. The minimum atomic E-state index is 0.794. The summed E-state index contributed by atoms with van der Waals surface area (Å²) in [6.45, 7) is 0.794. The first kappa shape index (κ1) is 11.0. The van der Waals surface area contributed by atoms with Gasteiger partial charge in [-0.25, -0.2) is 0 Å². The van der Waals surface area contributed by atoms with Gasteiger partial charge in [0.05, 0.1) is 0 Å². The van der Waals surface area contributed by atoms with E-state index in [-0.39, 0.29) is 0 Å². The van der Waals surface area contributed by atoms with Crippen LogP contribution >= 0.6 is 11.8 Å². The summed E-state index contributed by atoms with van der Waals surface area (Å²) in [5.74, 6) is 0. The molecule has 0 radical (unpaired) electrons. The van der Waals surface area contributed by atoms with Crippen molar-refractivity contribution in [1.29, 1.82) is 0 Å². The first-order valence-electron chi connectivity index (χ1n) is 5.85. The Hall–Kier alpha value is -0.470. The summed E-state index contributed by atoms with van der Waals surface area (Å²) in [7, 11) is 0. The molecule has 1 aromatic carbocycles. The maximum Gasteiger partial charge on any atom is 0.0107 e. The average molecular weight is 221 g/mol. The SMILES string of the molecule is NCCCc1ccccc1SC1CCC1. The van der Waals surface area contributed by atoms with Crippen molar-refractivity contribution in [1.82, 2.24) is 0 Å². The van der Waals surface area contributed by atoms with Gasteiger partial charge in [-0.2, -0.15) is 0 Å².